The van der Waals surface area contributed by atoms with Crippen LogP contribution in [0.15, 0.2) is 53.7 Å². The van der Waals surface area contributed by atoms with Gasteiger partial charge < -0.3 is 10.1 Å². The lowest BCUT2D eigenvalue weighted by atomic mass is 9.70. The minimum Gasteiger partial charge on any atom is -0.497 e. The van der Waals surface area contributed by atoms with E-state index in [1.54, 1.807) is 28.8 Å². The Morgan fingerprint density at radius 3 is 2.33 bits per heavy atom. The third kappa shape index (κ3) is 4.60. The summed E-state index contributed by atoms with van der Waals surface area (Å²) < 4.78 is 46.4. The highest BCUT2D eigenvalue weighted by atomic mass is 32.2. The van der Waals surface area contributed by atoms with Crippen molar-refractivity contribution in [3.8, 4) is 11.4 Å². The third-order valence-corrected chi connectivity index (χ3v) is 9.89. The number of rotatable bonds is 7. The smallest absolute Gasteiger partial charge is 0.416 e. The van der Waals surface area contributed by atoms with Gasteiger partial charge in [-0.15, -0.1) is 10.2 Å². The van der Waals surface area contributed by atoms with E-state index in [4.69, 9.17) is 4.74 Å². The number of Topliss-reactive ketones (excluding diaryl/α,β-unsaturated/α-hetero) is 1. The number of ketones is 1. The molecule has 1 N–H and O–H groups in total. The third-order valence-electron chi connectivity index (χ3n) is 8.62. The molecule has 3 atom stereocenters. The summed E-state index contributed by atoms with van der Waals surface area (Å²) in [5.41, 5.74) is -0.556. The molecule has 3 unspecified atom stereocenters. The number of alkyl halides is 3. The first-order chi connectivity index (χ1) is 18.4. The minimum atomic E-state index is -4.48. The Morgan fingerprint density at radius 1 is 1.10 bits per heavy atom. The number of carbonyl (C=O) groups is 2. The molecule has 2 aliphatic carbocycles. The summed E-state index contributed by atoms with van der Waals surface area (Å²) in [6.07, 6.45) is -2.71. The van der Waals surface area contributed by atoms with Gasteiger partial charge in [-0.05, 0) is 72.7 Å². The number of hydrogen-bond donors (Lipinski definition) is 1. The highest BCUT2D eigenvalue weighted by Crippen LogP contribution is 2.66. The van der Waals surface area contributed by atoms with Crippen molar-refractivity contribution in [3.05, 3.63) is 65.5 Å². The molecule has 1 amide bonds. The van der Waals surface area contributed by atoms with Gasteiger partial charge >= 0.3 is 6.18 Å². The van der Waals surface area contributed by atoms with E-state index in [0.29, 0.717) is 28.0 Å². The van der Waals surface area contributed by atoms with Crippen molar-refractivity contribution < 1.29 is 27.5 Å². The highest BCUT2D eigenvalue weighted by Gasteiger charge is 2.66. The fourth-order valence-corrected chi connectivity index (χ4v) is 7.45. The van der Waals surface area contributed by atoms with Gasteiger partial charge in [-0.3, -0.25) is 14.2 Å². The Kier molecular flexibility index (Phi) is 6.77. The van der Waals surface area contributed by atoms with Crippen LogP contribution in [-0.4, -0.2) is 38.8 Å². The van der Waals surface area contributed by atoms with Crippen LogP contribution < -0.4 is 10.1 Å². The number of nitrogens with one attached hydrogen (secondary N) is 1. The normalized spacial score (nSPS) is 23.7. The zero-order valence-corrected chi connectivity index (χ0v) is 22.8. The van der Waals surface area contributed by atoms with Crippen LogP contribution >= 0.6 is 11.8 Å². The lowest BCUT2D eigenvalue weighted by Crippen LogP contribution is -2.34. The van der Waals surface area contributed by atoms with Crippen LogP contribution in [0, 0.1) is 16.7 Å². The average molecular weight is 559 g/mol. The van der Waals surface area contributed by atoms with Crippen LogP contribution in [0.1, 0.15) is 55.4 Å². The van der Waals surface area contributed by atoms with Crippen LogP contribution in [0.5, 0.6) is 5.75 Å². The average Bonchev–Trinajstić information content (AvgIpc) is 3.46. The number of hydrogen-bond acceptors (Lipinski definition) is 6. The summed E-state index contributed by atoms with van der Waals surface area (Å²) in [6, 6.07) is 11.3. The van der Waals surface area contributed by atoms with Crippen molar-refractivity contribution in [2.45, 2.75) is 56.7 Å². The zero-order valence-electron chi connectivity index (χ0n) is 22.0. The Balaban J connectivity index is 1.45. The number of fused-ring (bicyclic) bond motifs is 2. The summed E-state index contributed by atoms with van der Waals surface area (Å²) in [7, 11) is 1.53. The van der Waals surface area contributed by atoms with E-state index < -0.39 is 17.2 Å². The van der Waals surface area contributed by atoms with Crippen LogP contribution in [0.3, 0.4) is 0 Å². The van der Waals surface area contributed by atoms with Gasteiger partial charge in [0.2, 0.25) is 0 Å². The van der Waals surface area contributed by atoms with Crippen LogP contribution in [0.25, 0.3) is 5.69 Å². The highest BCUT2D eigenvalue weighted by molar-refractivity contribution is 8.00. The Labute approximate surface area is 228 Å². The predicted octanol–water partition coefficient (Wildman–Crippen LogP) is 5.71. The predicted molar refractivity (Wildman–Crippen MR) is 140 cm³/mol. The van der Waals surface area contributed by atoms with Crippen molar-refractivity contribution >= 4 is 23.5 Å². The van der Waals surface area contributed by atoms with Gasteiger partial charge in [0.1, 0.15) is 5.75 Å². The molecule has 2 aromatic carbocycles. The van der Waals surface area contributed by atoms with Crippen LogP contribution in [-0.2, 0) is 17.5 Å². The standard InChI is InChI=1S/C28H29F3N4O3S/c1-26(2)20-13-14-27(26,3)23(36)22(20)39-25-34-33-21(15-32-24(37)16-5-11-19(38-4)12-6-16)35(25)18-9-7-17(8-10-18)28(29,30)31/h5-12,20,22H,13-15H2,1-4H3,(H,32,37). The molecular weight excluding hydrogens is 529 g/mol. The van der Waals surface area contributed by atoms with Crippen LogP contribution in [0.4, 0.5) is 13.2 Å². The molecular formula is C28H29F3N4O3S. The number of methoxy groups -OCH3 is 1. The first kappa shape index (κ1) is 27.2. The molecule has 39 heavy (non-hydrogen) atoms. The molecule has 206 valence electrons. The van der Waals surface area contributed by atoms with Crippen molar-refractivity contribution in [1.29, 1.82) is 0 Å². The van der Waals surface area contributed by atoms with E-state index in [0.717, 1.165) is 25.0 Å². The minimum absolute atomic E-state index is 0.0231. The van der Waals surface area contributed by atoms with E-state index in [2.05, 4.69) is 29.4 Å². The van der Waals surface area contributed by atoms with Gasteiger partial charge in [0.25, 0.3) is 5.91 Å². The number of thioether (sulfide) groups is 1. The lowest BCUT2D eigenvalue weighted by Gasteiger charge is -2.32. The van der Waals surface area contributed by atoms with Crippen molar-refractivity contribution in [2.24, 2.45) is 16.7 Å². The largest absolute Gasteiger partial charge is 0.497 e. The Hall–Kier alpha value is -3.34. The molecule has 2 saturated carbocycles. The number of nitrogens with zero attached hydrogens (tertiary/aromatic N) is 3. The molecule has 2 fully saturated rings. The van der Waals surface area contributed by atoms with E-state index in [-0.39, 0.29) is 34.8 Å². The first-order valence-corrected chi connectivity index (χ1v) is 13.5. The topological polar surface area (TPSA) is 86.1 Å². The molecule has 2 bridgehead atoms. The van der Waals surface area contributed by atoms with Gasteiger partial charge in [-0.1, -0.05) is 32.5 Å². The molecule has 7 nitrogen and oxygen atoms in total. The molecule has 5 rings (SSSR count). The number of aromatic nitrogens is 3. The number of halogens is 3. The van der Waals surface area contributed by atoms with Gasteiger partial charge in [0.05, 0.1) is 24.5 Å². The molecule has 2 aliphatic rings. The lowest BCUT2D eigenvalue weighted by molar-refractivity contribution is -0.137. The van der Waals surface area contributed by atoms with Crippen molar-refractivity contribution in [3.63, 3.8) is 0 Å². The second kappa shape index (κ2) is 9.69. The molecule has 1 aromatic heterocycles. The van der Waals surface area contributed by atoms with Crippen molar-refractivity contribution in [1.82, 2.24) is 20.1 Å². The zero-order chi connectivity index (χ0) is 28.2. The molecule has 0 spiro atoms. The fraction of sp³-hybridized carbons (Fsp3) is 0.429. The number of carbonyl (C=O) groups excluding carboxylic acids is 2. The quantitative estimate of drug-likeness (QED) is 0.400. The fourth-order valence-electron chi connectivity index (χ4n) is 5.81. The van der Waals surface area contributed by atoms with Crippen LogP contribution in [0.2, 0.25) is 0 Å². The van der Waals surface area contributed by atoms with E-state index in [1.165, 1.54) is 31.0 Å². The van der Waals surface area contributed by atoms with E-state index in [9.17, 15) is 22.8 Å². The van der Waals surface area contributed by atoms with Gasteiger partial charge in [-0.25, -0.2) is 0 Å². The van der Waals surface area contributed by atoms with E-state index in [1.807, 2.05) is 6.92 Å². The molecule has 1 heterocycles. The summed E-state index contributed by atoms with van der Waals surface area (Å²) in [4.78, 5) is 26.2. The summed E-state index contributed by atoms with van der Waals surface area (Å²) in [6.45, 7) is 6.26. The maximum atomic E-state index is 13.5. The Morgan fingerprint density at radius 2 is 1.77 bits per heavy atom. The number of ether oxygens (including phenoxy) is 1. The van der Waals surface area contributed by atoms with E-state index >= 15 is 0 Å². The summed E-state index contributed by atoms with van der Waals surface area (Å²) >= 11 is 1.30. The number of amides is 1. The maximum absolute atomic E-state index is 13.5. The summed E-state index contributed by atoms with van der Waals surface area (Å²) in [5.74, 6) is 0.912. The molecule has 11 heteroatoms. The molecule has 0 radical (unpaired) electrons. The first-order valence-electron chi connectivity index (χ1n) is 12.6. The van der Waals surface area contributed by atoms with Gasteiger partial charge in [-0.2, -0.15) is 13.2 Å². The summed E-state index contributed by atoms with van der Waals surface area (Å²) in [5, 5.41) is 11.4. The second-order valence-electron chi connectivity index (χ2n) is 10.8. The van der Waals surface area contributed by atoms with Gasteiger partial charge in [0, 0.05) is 16.7 Å². The van der Waals surface area contributed by atoms with Crippen molar-refractivity contribution in [2.75, 3.05) is 7.11 Å². The maximum Gasteiger partial charge on any atom is 0.416 e. The van der Waals surface area contributed by atoms with Gasteiger partial charge in [0.15, 0.2) is 16.8 Å². The molecule has 0 saturated heterocycles. The SMILES string of the molecule is COc1ccc(C(=O)NCc2nnc(SC3C(=O)C4(C)CCC3C4(C)C)n2-c2ccc(C(F)(F)F)cc2)cc1. The number of benzene rings is 2. The molecule has 3 aromatic rings. The second-order valence-corrected chi connectivity index (χ2v) is 11.9. The monoisotopic (exact) mass is 558 g/mol. The molecule has 0 aliphatic heterocycles. The Bertz CT molecular complexity index is 1400.